The van der Waals surface area contributed by atoms with Crippen LogP contribution in [0.3, 0.4) is 0 Å². The molecule has 1 rings (SSSR count). The second kappa shape index (κ2) is 5.21. The van der Waals surface area contributed by atoms with Crippen molar-refractivity contribution in [1.82, 2.24) is 0 Å². The molecular weight excluding hydrogens is 245 g/mol. The molecule has 6 heteroatoms. The van der Waals surface area contributed by atoms with Gasteiger partial charge in [0.1, 0.15) is 5.38 Å². The van der Waals surface area contributed by atoms with Gasteiger partial charge in [-0.05, 0) is 24.1 Å². The van der Waals surface area contributed by atoms with E-state index in [1.165, 1.54) is 0 Å². The number of halogens is 4. The van der Waals surface area contributed by atoms with Gasteiger partial charge in [-0.3, -0.25) is 4.79 Å². The predicted octanol–water partition coefficient (Wildman–Crippen LogP) is 2.43. The molecule has 0 fully saturated rings. The normalized spacial score (nSPS) is 12.3. The van der Waals surface area contributed by atoms with E-state index in [1.807, 2.05) is 0 Å². The van der Waals surface area contributed by atoms with E-state index in [4.69, 9.17) is 11.6 Å². The molecule has 1 atom stereocenters. The fraction of sp³-hybridized carbons (Fsp3) is 0.300. The highest BCUT2D eigenvalue weighted by atomic mass is 35.5. The van der Waals surface area contributed by atoms with Crippen molar-refractivity contribution in [2.45, 2.75) is 11.8 Å². The largest absolute Gasteiger partial charge is 0.468 e. The van der Waals surface area contributed by atoms with Crippen molar-refractivity contribution in [3.8, 4) is 0 Å². The highest BCUT2D eigenvalue weighted by molar-refractivity contribution is 6.30. The molecule has 1 aromatic carbocycles. The summed E-state index contributed by atoms with van der Waals surface area (Å²) < 4.78 is 42.5. The summed E-state index contributed by atoms with van der Waals surface area (Å²) >= 11 is 5.60. The lowest BCUT2D eigenvalue weighted by Gasteiger charge is -2.07. The van der Waals surface area contributed by atoms with Gasteiger partial charge < -0.3 is 4.74 Å². The van der Waals surface area contributed by atoms with Crippen LogP contribution in [0.1, 0.15) is 5.56 Å². The lowest BCUT2D eigenvalue weighted by molar-refractivity contribution is -0.140. The van der Waals surface area contributed by atoms with Gasteiger partial charge in [0.15, 0.2) is 17.5 Å². The van der Waals surface area contributed by atoms with Gasteiger partial charge in [0.2, 0.25) is 0 Å². The maximum atomic E-state index is 12.8. The lowest BCUT2D eigenvalue weighted by Crippen LogP contribution is -2.18. The molecule has 0 saturated carbocycles. The quantitative estimate of drug-likeness (QED) is 0.469. The fourth-order valence-corrected chi connectivity index (χ4v) is 1.41. The van der Waals surface area contributed by atoms with Gasteiger partial charge in [0, 0.05) is 0 Å². The Morgan fingerprint density at radius 2 is 1.88 bits per heavy atom. The van der Waals surface area contributed by atoms with Crippen LogP contribution in [0, 0.1) is 17.5 Å². The molecule has 0 heterocycles. The van der Waals surface area contributed by atoms with Crippen LogP contribution in [0.25, 0.3) is 0 Å². The molecule has 0 N–H and O–H groups in total. The summed E-state index contributed by atoms with van der Waals surface area (Å²) in [4.78, 5) is 10.9. The van der Waals surface area contributed by atoms with Crippen LogP contribution in [0.5, 0.6) is 0 Å². The Labute approximate surface area is 95.0 Å². The smallest absolute Gasteiger partial charge is 0.324 e. The van der Waals surface area contributed by atoms with E-state index in [0.29, 0.717) is 0 Å². The van der Waals surface area contributed by atoms with Crippen LogP contribution in [-0.2, 0) is 16.0 Å². The molecule has 16 heavy (non-hydrogen) atoms. The molecule has 0 aliphatic rings. The first-order valence-corrected chi connectivity index (χ1v) is 4.74. The zero-order valence-electron chi connectivity index (χ0n) is 8.27. The standard InChI is InChI=1S/C10H8ClF3O2/c1-16-10(15)6(11)2-5-3-7(12)9(14)8(13)4-5/h3-4,6H,2H2,1H3. The van der Waals surface area contributed by atoms with E-state index in [9.17, 15) is 18.0 Å². The molecule has 0 saturated heterocycles. The number of carbonyl (C=O) groups is 1. The van der Waals surface area contributed by atoms with Crippen LogP contribution in [0.15, 0.2) is 12.1 Å². The molecule has 2 nitrogen and oxygen atoms in total. The minimum absolute atomic E-state index is 0.0850. The number of ether oxygens (including phenoxy) is 1. The van der Waals surface area contributed by atoms with Crippen molar-refractivity contribution in [2.75, 3.05) is 7.11 Å². The Balaban J connectivity index is 2.86. The number of hydrogen-bond acceptors (Lipinski definition) is 2. The Morgan fingerprint density at radius 3 is 2.31 bits per heavy atom. The fourth-order valence-electron chi connectivity index (χ4n) is 1.14. The zero-order valence-corrected chi connectivity index (χ0v) is 9.02. The van der Waals surface area contributed by atoms with E-state index in [-0.39, 0.29) is 12.0 Å². The number of methoxy groups -OCH3 is 1. The Kier molecular flexibility index (Phi) is 4.18. The maximum Gasteiger partial charge on any atom is 0.324 e. The molecule has 0 radical (unpaired) electrons. The molecular formula is C10H8ClF3O2. The topological polar surface area (TPSA) is 26.3 Å². The average Bonchev–Trinajstić information content (AvgIpc) is 2.24. The van der Waals surface area contributed by atoms with Crippen molar-refractivity contribution >= 4 is 17.6 Å². The average molecular weight is 253 g/mol. The second-order valence-electron chi connectivity index (χ2n) is 3.07. The van der Waals surface area contributed by atoms with E-state index < -0.39 is 28.8 Å². The summed E-state index contributed by atoms with van der Waals surface area (Å²) in [6, 6.07) is 1.58. The number of benzene rings is 1. The van der Waals surface area contributed by atoms with Gasteiger partial charge in [0.25, 0.3) is 0 Å². The number of hydrogen-bond donors (Lipinski definition) is 0. The van der Waals surface area contributed by atoms with Gasteiger partial charge >= 0.3 is 5.97 Å². The van der Waals surface area contributed by atoms with Crippen LogP contribution in [0.2, 0.25) is 0 Å². The van der Waals surface area contributed by atoms with Crippen molar-refractivity contribution in [1.29, 1.82) is 0 Å². The Morgan fingerprint density at radius 1 is 1.38 bits per heavy atom. The highest BCUT2D eigenvalue weighted by Gasteiger charge is 2.18. The summed E-state index contributed by atoms with van der Waals surface area (Å²) in [5.74, 6) is -4.90. The number of alkyl halides is 1. The van der Waals surface area contributed by atoms with Gasteiger partial charge in [-0.25, -0.2) is 13.2 Å². The van der Waals surface area contributed by atoms with Crippen LogP contribution in [-0.4, -0.2) is 18.5 Å². The van der Waals surface area contributed by atoms with Crippen molar-refractivity contribution in [2.24, 2.45) is 0 Å². The molecule has 0 aromatic heterocycles. The van der Waals surface area contributed by atoms with Gasteiger partial charge in [0.05, 0.1) is 7.11 Å². The molecule has 0 amide bonds. The van der Waals surface area contributed by atoms with Crippen LogP contribution in [0.4, 0.5) is 13.2 Å². The lowest BCUT2D eigenvalue weighted by atomic mass is 10.1. The van der Waals surface area contributed by atoms with E-state index in [1.54, 1.807) is 0 Å². The SMILES string of the molecule is COC(=O)C(Cl)Cc1cc(F)c(F)c(F)c1. The van der Waals surface area contributed by atoms with Crippen LogP contribution < -0.4 is 0 Å². The molecule has 1 unspecified atom stereocenters. The first kappa shape index (κ1) is 12.8. The first-order chi connectivity index (χ1) is 7.45. The van der Waals surface area contributed by atoms with E-state index in [2.05, 4.69) is 4.74 Å². The summed E-state index contributed by atoms with van der Waals surface area (Å²) in [6.07, 6.45) is -0.137. The highest BCUT2D eigenvalue weighted by Crippen LogP contribution is 2.16. The predicted molar refractivity (Wildman–Crippen MR) is 51.7 cm³/mol. The minimum Gasteiger partial charge on any atom is -0.468 e. The van der Waals surface area contributed by atoms with Crippen molar-refractivity contribution in [3.63, 3.8) is 0 Å². The molecule has 0 aliphatic heterocycles. The summed E-state index contributed by atoms with van der Waals surface area (Å²) in [5.41, 5.74) is 0.0850. The number of rotatable bonds is 3. The molecule has 88 valence electrons. The third-order valence-corrected chi connectivity index (χ3v) is 2.25. The van der Waals surface area contributed by atoms with Crippen LogP contribution >= 0.6 is 11.6 Å². The third kappa shape index (κ3) is 2.88. The molecule has 0 bridgehead atoms. The number of esters is 1. The number of carbonyl (C=O) groups excluding carboxylic acids is 1. The summed E-state index contributed by atoms with van der Waals surface area (Å²) in [7, 11) is 1.14. The first-order valence-electron chi connectivity index (χ1n) is 4.31. The molecule has 1 aromatic rings. The Bertz CT molecular complexity index is 386. The summed E-state index contributed by atoms with van der Waals surface area (Å²) in [5, 5.41) is -1.06. The van der Waals surface area contributed by atoms with Crippen molar-refractivity contribution in [3.05, 3.63) is 35.1 Å². The van der Waals surface area contributed by atoms with Gasteiger partial charge in [-0.15, -0.1) is 11.6 Å². The molecule has 0 spiro atoms. The Hall–Kier alpha value is -1.23. The van der Waals surface area contributed by atoms with Gasteiger partial charge in [-0.1, -0.05) is 0 Å². The zero-order chi connectivity index (χ0) is 12.3. The van der Waals surface area contributed by atoms with Crippen molar-refractivity contribution < 1.29 is 22.7 Å². The maximum absolute atomic E-state index is 12.8. The molecule has 0 aliphatic carbocycles. The van der Waals surface area contributed by atoms with E-state index >= 15 is 0 Å². The monoisotopic (exact) mass is 252 g/mol. The summed E-state index contributed by atoms with van der Waals surface area (Å²) in [6.45, 7) is 0. The minimum atomic E-state index is -1.55. The van der Waals surface area contributed by atoms with Gasteiger partial charge in [-0.2, -0.15) is 0 Å². The second-order valence-corrected chi connectivity index (χ2v) is 3.60. The third-order valence-electron chi connectivity index (χ3n) is 1.92. The van der Waals surface area contributed by atoms with E-state index in [0.717, 1.165) is 19.2 Å².